The van der Waals surface area contributed by atoms with Crippen molar-refractivity contribution >= 4 is 11.4 Å². The summed E-state index contributed by atoms with van der Waals surface area (Å²) in [5, 5.41) is 22.9. The van der Waals surface area contributed by atoms with Gasteiger partial charge in [-0.05, 0) is 32.0 Å². The number of nitriles is 1. The molecule has 6 nitrogen and oxygen atoms in total. The number of benzene rings is 1. The summed E-state index contributed by atoms with van der Waals surface area (Å²) < 4.78 is 0. The molecule has 0 spiro atoms. The Morgan fingerprint density at radius 1 is 1.48 bits per heavy atom. The molecule has 1 aromatic carbocycles. The van der Waals surface area contributed by atoms with Crippen molar-refractivity contribution in [2.24, 2.45) is 5.92 Å². The summed E-state index contributed by atoms with van der Waals surface area (Å²) in [6, 6.07) is 7.36. The molecule has 114 valence electrons. The van der Waals surface area contributed by atoms with Crippen LogP contribution in [-0.4, -0.2) is 29.5 Å². The molecule has 1 aromatic rings. The van der Waals surface area contributed by atoms with E-state index < -0.39 is 0 Å². The fourth-order valence-corrected chi connectivity index (χ4v) is 2.16. The maximum atomic E-state index is 11.0. The van der Waals surface area contributed by atoms with Gasteiger partial charge >= 0.3 is 0 Å². The second-order valence-electron chi connectivity index (χ2n) is 5.00. The molecule has 0 fully saturated rings. The normalized spacial score (nSPS) is 12.0. The average Bonchev–Trinajstić information content (AvgIpc) is 2.46. The molecule has 0 bridgehead atoms. The molecular weight excluding hydrogens is 268 g/mol. The molecular formula is C15H22N4O2. The van der Waals surface area contributed by atoms with Crippen LogP contribution in [0.4, 0.5) is 11.4 Å². The lowest BCUT2D eigenvalue weighted by Gasteiger charge is -2.21. The van der Waals surface area contributed by atoms with Gasteiger partial charge in [-0.3, -0.25) is 15.0 Å². The Morgan fingerprint density at radius 2 is 2.19 bits per heavy atom. The highest BCUT2D eigenvalue weighted by Crippen LogP contribution is 2.26. The minimum atomic E-state index is -0.378. The lowest BCUT2D eigenvalue weighted by Crippen LogP contribution is -2.27. The Morgan fingerprint density at radius 3 is 2.71 bits per heavy atom. The average molecular weight is 290 g/mol. The van der Waals surface area contributed by atoms with E-state index in [-0.39, 0.29) is 16.5 Å². The number of hydrogen-bond acceptors (Lipinski definition) is 5. The molecule has 6 heteroatoms. The van der Waals surface area contributed by atoms with E-state index in [1.165, 1.54) is 6.07 Å². The van der Waals surface area contributed by atoms with E-state index >= 15 is 0 Å². The van der Waals surface area contributed by atoms with Crippen molar-refractivity contribution in [1.82, 2.24) is 4.90 Å². The zero-order valence-corrected chi connectivity index (χ0v) is 12.8. The zero-order valence-electron chi connectivity index (χ0n) is 12.8. The number of hydrogen-bond donors (Lipinski definition) is 1. The molecule has 0 heterocycles. The van der Waals surface area contributed by atoms with Crippen LogP contribution in [0.1, 0.15) is 26.3 Å². The van der Waals surface area contributed by atoms with Crippen molar-refractivity contribution in [1.29, 1.82) is 5.26 Å². The van der Waals surface area contributed by atoms with Crippen LogP contribution in [-0.2, 0) is 6.54 Å². The van der Waals surface area contributed by atoms with E-state index in [0.29, 0.717) is 25.3 Å². The first-order valence-electron chi connectivity index (χ1n) is 7.14. The number of nitrogens with one attached hydrogen (secondary N) is 1. The van der Waals surface area contributed by atoms with Gasteiger partial charge in [-0.15, -0.1) is 0 Å². The molecule has 0 aliphatic rings. The lowest BCUT2D eigenvalue weighted by molar-refractivity contribution is -0.384. The maximum Gasteiger partial charge on any atom is 0.292 e. The third-order valence-electron chi connectivity index (χ3n) is 3.23. The summed E-state index contributed by atoms with van der Waals surface area (Å²) in [6.07, 6.45) is 0. The predicted octanol–water partition coefficient (Wildman–Crippen LogP) is 3.01. The van der Waals surface area contributed by atoms with Gasteiger partial charge in [0.05, 0.1) is 16.9 Å². The standard InChI is InChI=1S/C15H22N4O2/c1-4-17-14-8-13(6-7-15(14)19(20)21)11-18(5-2)10-12(3)9-16/h6-8,12,17H,4-5,10-11H2,1-3H3. The highest BCUT2D eigenvalue weighted by molar-refractivity contribution is 5.62. The fraction of sp³-hybridized carbons (Fsp3) is 0.533. The summed E-state index contributed by atoms with van der Waals surface area (Å²) in [5.74, 6) is -0.0313. The zero-order chi connectivity index (χ0) is 15.8. The first-order valence-corrected chi connectivity index (χ1v) is 7.14. The molecule has 1 rings (SSSR count). The van der Waals surface area contributed by atoms with Crippen molar-refractivity contribution < 1.29 is 4.92 Å². The first kappa shape index (κ1) is 16.9. The van der Waals surface area contributed by atoms with Crippen LogP contribution >= 0.6 is 0 Å². The van der Waals surface area contributed by atoms with Gasteiger partial charge in [-0.2, -0.15) is 5.26 Å². The smallest absolute Gasteiger partial charge is 0.292 e. The molecule has 0 aliphatic heterocycles. The Balaban J connectivity index is 2.90. The van der Waals surface area contributed by atoms with E-state index in [9.17, 15) is 10.1 Å². The van der Waals surface area contributed by atoms with Gasteiger partial charge in [-0.25, -0.2) is 0 Å². The SMILES string of the molecule is CCNc1cc(CN(CC)CC(C)C#N)ccc1[N+](=O)[O-]. The van der Waals surface area contributed by atoms with Crippen molar-refractivity contribution in [2.75, 3.05) is 25.0 Å². The Bertz CT molecular complexity index is 525. The van der Waals surface area contributed by atoms with Crippen LogP contribution in [0, 0.1) is 27.4 Å². The minimum Gasteiger partial charge on any atom is -0.380 e. The molecule has 1 N–H and O–H groups in total. The highest BCUT2D eigenvalue weighted by atomic mass is 16.6. The summed E-state index contributed by atoms with van der Waals surface area (Å²) in [5.41, 5.74) is 1.64. The topological polar surface area (TPSA) is 82.2 Å². The molecule has 21 heavy (non-hydrogen) atoms. The Hall–Kier alpha value is -2.13. The van der Waals surface area contributed by atoms with Gasteiger partial charge < -0.3 is 5.32 Å². The molecule has 1 unspecified atom stereocenters. The summed E-state index contributed by atoms with van der Waals surface area (Å²) in [7, 11) is 0. The molecule has 0 saturated carbocycles. The molecule has 0 aromatic heterocycles. The number of anilines is 1. The van der Waals surface area contributed by atoms with Crippen molar-refractivity contribution in [3.05, 3.63) is 33.9 Å². The van der Waals surface area contributed by atoms with Gasteiger partial charge in [0.2, 0.25) is 0 Å². The first-order chi connectivity index (χ1) is 10.0. The van der Waals surface area contributed by atoms with E-state index in [1.54, 1.807) is 6.07 Å². The highest BCUT2D eigenvalue weighted by Gasteiger charge is 2.15. The molecule has 0 radical (unpaired) electrons. The molecule has 0 aliphatic carbocycles. The summed E-state index contributed by atoms with van der Waals surface area (Å²) in [4.78, 5) is 12.8. The Kier molecular flexibility index (Phi) is 6.63. The van der Waals surface area contributed by atoms with E-state index in [1.807, 2.05) is 26.8 Å². The minimum absolute atomic E-state index is 0.0313. The monoisotopic (exact) mass is 290 g/mol. The summed E-state index contributed by atoms with van der Waals surface area (Å²) in [6.45, 7) is 8.68. The van der Waals surface area contributed by atoms with Gasteiger partial charge in [0.1, 0.15) is 5.69 Å². The number of nitro groups is 1. The van der Waals surface area contributed by atoms with E-state index in [2.05, 4.69) is 16.3 Å². The van der Waals surface area contributed by atoms with Gasteiger partial charge in [0.15, 0.2) is 0 Å². The third kappa shape index (κ3) is 5.04. The van der Waals surface area contributed by atoms with Crippen LogP contribution in [0.3, 0.4) is 0 Å². The molecule has 0 amide bonds. The fourth-order valence-electron chi connectivity index (χ4n) is 2.16. The lowest BCUT2D eigenvalue weighted by atomic mass is 10.1. The Labute approximate surface area is 125 Å². The van der Waals surface area contributed by atoms with Crippen LogP contribution in [0.15, 0.2) is 18.2 Å². The quantitative estimate of drug-likeness (QED) is 0.588. The number of rotatable bonds is 8. The largest absolute Gasteiger partial charge is 0.380 e. The van der Waals surface area contributed by atoms with Crippen molar-refractivity contribution in [2.45, 2.75) is 27.3 Å². The maximum absolute atomic E-state index is 11.0. The van der Waals surface area contributed by atoms with E-state index in [4.69, 9.17) is 5.26 Å². The van der Waals surface area contributed by atoms with Crippen LogP contribution in [0.2, 0.25) is 0 Å². The second kappa shape index (κ2) is 8.22. The van der Waals surface area contributed by atoms with Crippen molar-refractivity contribution in [3.8, 4) is 6.07 Å². The van der Waals surface area contributed by atoms with E-state index in [0.717, 1.165) is 12.1 Å². The molecule has 0 saturated heterocycles. The number of nitrogens with zero attached hydrogens (tertiary/aromatic N) is 3. The van der Waals surface area contributed by atoms with Crippen LogP contribution in [0.5, 0.6) is 0 Å². The molecule has 1 atom stereocenters. The number of nitro benzene ring substituents is 1. The van der Waals surface area contributed by atoms with Gasteiger partial charge in [0.25, 0.3) is 5.69 Å². The second-order valence-corrected chi connectivity index (χ2v) is 5.00. The van der Waals surface area contributed by atoms with Gasteiger partial charge in [-0.1, -0.05) is 13.0 Å². The third-order valence-corrected chi connectivity index (χ3v) is 3.23. The van der Waals surface area contributed by atoms with Crippen LogP contribution < -0.4 is 5.32 Å². The summed E-state index contributed by atoms with van der Waals surface area (Å²) >= 11 is 0. The van der Waals surface area contributed by atoms with Crippen LogP contribution in [0.25, 0.3) is 0 Å². The van der Waals surface area contributed by atoms with Gasteiger partial charge in [0, 0.05) is 25.7 Å². The predicted molar refractivity (Wildman–Crippen MR) is 83.0 cm³/mol. The van der Waals surface area contributed by atoms with Crippen molar-refractivity contribution in [3.63, 3.8) is 0 Å².